The number of benzene rings is 1. The number of rotatable bonds is 8. The summed E-state index contributed by atoms with van der Waals surface area (Å²) in [6.45, 7) is 2.10. The summed E-state index contributed by atoms with van der Waals surface area (Å²) < 4.78 is 0. The molecule has 1 aromatic carbocycles. The predicted molar refractivity (Wildman–Crippen MR) is 109 cm³/mol. The Balaban J connectivity index is 1.78. The highest BCUT2D eigenvalue weighted by Gasteiger charge is 2.16. The van der Waals surface area contributed by atoms with E-state index in [0.29, 0.717) is 11.5 Å². The van der Waals surface area contributed by atoms with Gasteiger partial charge >= 0.3 is 0 Å². The summed E-state index contributed by atoms with van der Waals surface area (Å²) in [6, 6.07) is 7.88. The maximum atomic E-state index is 12.5. The molecular formula is C20H25N7O. The topological polar surface area (TPSA) is 87.1 Å². The van der Waals surface area contributed by atoms with Crippen molar-refractivity contribution in [2.75, 3.05) is 39.5 Å². The predicted octanol–water partition coefficient (Wildman–Crippen LogP) is 2.06. The molecule has 0 radical (unpaired) electrons. The molecule has 0 fully saturated rings. The number of hydrogen-bond donors (Lipinski definition) is 1. The fourth-order valence-electron chi connectivity index (χ4n) is 2.82. The SMILES string of the molecule is CN(C)CCCNc1nc(CN(C)C(=O)c2cnccn2)nc2ccccc12. The molecule has 2 heterocycles. The van der Waals surface area contributed by atoms with Crippen molar-refractivity contribution in [3.05, 3.63) is 54.4 Å². The highest BCUT2D eigenvalue weighted by molar-refractivity contribution is 5.92. The summed E-state index contributed by atoms with van der Waals surface area (Å²) in [5, 5.41) is 4.39. The van der Waals surface area contributed by atoms with Crippen LogP contribution in [-0.2, 0) is 6.54 Å². The Morgan fingerprint density at radius 1 is 1.11 bits per heavy atom. The van der Waals surface area contributed by atoms with E-state index in [0.717, 1.165) is 36.2 Å². The van der Waals surface area contributed by atoms with Crippen molar-refractivity contribution < 1.29 is 4.79 Å². The number of para-hydroxylation sites is 1. The fourth-order valence-corrected chi connectivity index (χ4v) is 2.82. The fraction of sp³-hybridized carbons (Fsp3) is 0.350. The lowest BCUT2D eigenvalue weighted by Crippen LogP contribution is -2.28. The molecule has 1 N–H and O–H groups in total. The molecule has 8 heteroatoms. The number of carbonyl (C=O) groups excluding carboxylic acids is 1. The van der Waals surface area contributed by atoms with E-state index in [1.807, 2.05) is 24.3 Å². The number of aromatic nitrogens is 4. The summed E-state index contributed by atoms with van der Waals surface area (Å²) in [5.41, 5.74) is 1.15. The molecular weight excluding hydrogens is 354 g/mol. The Kier molecular flexibility index (Phi) is 6.44. The second-order valence-electron chi connectivity index (χ2n) is 6.84. The smallest absolute Gasteiger partial charge is 0.274 e. The number of nitrogens with one attached hydrogen (secondary N) is 1. The minimum Gasteiger partial charge on any atom is -0.369 e. The third-order valence-electron chi connectivity index (χ3n) is 4.23. The Bertz CT molecular complexity index is 930. The average Bonchev–Trinajstić information content (AvgIpc) is 2.71. The quantitative estimate of drug-likeness (QED) is 0.599. The molecule has 0 spiro atoms. The molecule has 0 unspecified atom stereocenters. The minimum atomic E-state index is -0.217. The second-order valence-corrected chi connectivity index (χ2v) is 6.84. The van der Waals surface area contributed by atoms with E-state index in [1.165, 1.54) is 18.6 Å². The molecule has 0 aliphatic rings. The minimum absolute atomic E-state index is 0.217. The third kappa shape index (κ3) is 4.98. The highest BCUT2D eigenvalue weighted by Crippen LogP contribution is 2.20. The number of anilines is 1. The van der Waals surface area contributed by atoms with Gasteiger partial charge in [-0.15, -0.1) is 0 Å². The van der Waals surface area contributed by atoms with Crippen molar-refractivity contribution in [3.63, 3.8) is 0 Å². The molecule has 2 aromatic heterocycles. The van der Waals surface area contributed by atoms with Gasteiger partial charge < -0.3 is 15.1 Å². The number of fused-ring (bicyclic) bond motifs is 1. The van der Waals surface area contributed by atoms with Gasteiger partial charge in [0.15, 0.2) is 5.82 Å². The molecule has 0 aliphatic carbocycles. The summed E-state index contributed by atoms with van der Waals surface area (Å²) in [7, 11) is 5.82. The monoisotopic (exact) mass is 379 g/mol. The number of amides is 1. The first-order valence-electron chi connectivity index (χ1n) is 9.20. The van der Waals surface area contributed by atoms with Crippen LogP contribution in [-0.4, -0.2) is 69.9 Å². The largest absolute Gasteiger partial charge is 0.369 e. The van der Waals surface area contributed by atoms with Gasteiger partial charge in [-0.25, -0.2) is 15.0 Å². The molecule has 0 atom stereocenters. The Morgan fingerprint density at radius 3 is 2.68 bits per heavy atom. The van der Waals surface area contributed by atoms with E-state index >= 15 is 0 Å². The van der Waals surface area contributed by atoms with Crippen molar-refractivity contribution in [2.45, 2.75) is 13.0 Å². The lowest BCUT2D eigenvalue weighted by atomic mass is 10.2. The van der Waals surface area contributed by atoms with Crippen LogP contribution in [0.1, 0.15) is 22.7 Å². The van der Waals surface area contributed by atoms with Gasteiger partial charge in [-0.3, -0.25) is 9.78 Å². The molecule has 3 aromatic rings. The van der Waals surface area contributed by atoms with Gasteiger partial charge in [-0.05, 0) is 39.2 Å². The van der Waals surface area contributed by atoms with Gasteiger partial charge in [0.1, 0.15) is 11.5 Å². The van der Waals surface area contributed by atoms with E-state index < -0.39 is 0 Å². The third-order valence-corrected chi connectivity index (χ3v) is 4.23. The summed E-state index contributed by atoms with van der Waals surface area (Å²) in [6.07, 6.45) is 5.50. The van der Waals surface area contributed by atoms with Crippen molar-refractivity contribution in [1.82, 2.24) is 29.7 Å². The van der Waals surface area contributed by atoms with E-state index in [-0.39, 0.29) is 12.5 Å². The van der Waals surface area contributed by atoms with Crippen molar-refractivity contribution in [2.24, 2.45) is 0 Å². The molecule has 0 saturated heterocycles. The standard InChI is InChI=1S/C20H25N7O/c1-26(2)12-6-9-23-19-15-7-4-5-8-16(15)24-18(25-19)14-27(3)20(28)17-13-21-10-11-22-17/h4-5,7-8,10-11,13H,6,9,12,14H2,1-3H3,(H,23,24,25). The summed E-state index contributed by atoms with van der Waals surface area (Å²) >= 11 is 0. The lowest BCUT2D eigenvalue weighted by molar-refractivity contribution is 0.0775. The van der Waals surface area contributed by atoms with Gasteiger partial charge in [-0.2, -0.15) is 0 Å². The molecule has 0 aliphatic heterocycles. The molecule has 0 bridgehead atoms. The van der Waals surface area contributed by atoms with Crippen LogP contribution in [0, 0.1) is 0 Å². The van der Waals surface area contributed by atoms with Crippen LogP contribution < -0.4 is 5.32 Å². The Labute approximate surface area is 164 Å². The molecule has 3 rings (SSSR count). The molecule has 1 amide bonds. The lowest BCUT2D eigenvalue weighted by Gasteiger charge is -2.17. The maximum Gasteiger partial charge on any atom is 0.274 e. The number of carbonyl (C=O) groups is 1. The van der Waals surface area contributed by atoms with E-state index in [2.05, 4.69) is 44.2 Å². The van der Waals surface area contributed by atoms with Crippen LogP contribution in [0.15, 0.2) is 42.9 Å². The van der Waals surface area contributed by atoms with Gasteiger partial charge in [0.2, 0.25) is 0 Å². The zero-order chi connectivity index (χ0) is 19.9. The van der Waals surface area contributed by atoms with E-state index in [9.17, 15) is 4.79 Å². The van der Waals surface area contributed by atoms with E-state index in [4.69, 9.17) is 0 Å². The van der Waals surface area contributed by atoms with Gasteiger partial charge in [0.25, 0.3) is 5.91 Å². The highest BCUT2D eigenvalue weighted by atomic mass is 16.2. The first kappa shape index (κ1) is 19.6. The van der Waals surface area contributed by atoms with Crippen LogP contribution in [0.5, 0.6) is 0 Å². The van der Waals surface area contributed by atoms with Crippen LogP contribution in [0.25, 0.3) is 10.9 Å². The Morgan fingerprint density at radius 2 is 1.93 bits per heavy atom. The first-order chi connectivity index (χ1) is 13.5. The van der Waals surface area contributed by atoms with Crippen molar-refractivity contribution >= 4 is 22.6 Å². The van der Waals surface area contributed by atoms with Crippen molar-refractivity contribution in [3.8, 4) is 0 Å². The van der Waals surface area contributed by atoms with Gasteiger partial charge in [-0.1, -0.05) is 12.1 Å². The Hall–Kier alpha value is -3.13. The van der Waals surface area contributed by atoms with Crippen LogP contribution in [0.4, 0.5) is 5.82 Å². The maximum absolute atomic E-state index is 12.5. The zero-order valence-corrected chi connectivity index (χ0v) is 16.5. The summed E-state index contributed by atoms with van der Waals surface area (Å²) in [4.78, 5) is 33.5. The molecule has 28 heavy (non-hydrogen) atoms. The van der Waals surface area contributed by atoms with E-state index in [1.54, 1.807) is 11.9 Å². The number of nitrogens with zero attached hydrogens (tertiary/aromatic N) is 6. The van der Waals surface area contributed by atoms with Crippen molar-refractivity contribution in [1.29, 1.82) is 0 Å². The van der Waals surface area contributed by atoms with Crippen LogP contribution in [0.3, 0.4) is 0 Å². The van der Waals surface area contributed by atoms with Gasteiger partial charge in [0, 0.05) is 31.4 Å². The van der Waals surface area contributed by atoms with Gasteiger partial charge in [0.05, 0.1) is 18.3 Å². The second kappa shape index (κ2) is 9.18. The summed E-state index contributed by atoms with van der Waals surface area (Å²) in [5.74, 6) is 1.15. The molecule has 0 saturated carbocycles. The van der Waals surface area contributed by atoms with Crippen LogP contribution in [0.2, 0.25) is 0 Å². The number of hydrogen-bond acceptors (Lipinski definition) is 7. The normalized spacial score (nSPS) is 11.0. The zero-order valence-electron chi connectivity index (χ0n) is 16.5. The van der Waals surface area contributed by atoms with Crippen LogP contribution >= 0.6 is 0 Å². The molecule has 8 nitrogen and oxygen atoms in total. The average molecular weight is 379 g/mol. The first-order valence-corrected chi connectivity index (χ1v) is 9.20. The molecule has 146 valence electrons.